The summed E-state index contributed by atoms with van der Waals surface area (Å²) in [6, 6.07) is 6.37. The molecule has 2 aromatic rings. The van der Waals surface area contributed by atoms with E-state index in [1.54, 1.807) is 31.2 Å². The van der Waals surface area contributed by atoms with Crippen molar-refractivity contribution in [2.75, 3.05) is 11.1 Å². The zero-order valence-electron chi connectivity index (χ0n) is 10.1. The summed E-state index contributed by atoms with van der Waals surface area (Å²) < 4.78 is 0. The first kappa shape index (κ1) is 13.2. The maximum Gasteiger partial charge on any atom is 0.262 e. The summed E-state index contributed by atoms with van der Waals surface area (Å²) >= 11 is 5.70. The average Bonchev–Trinajstić information content (AvgIpc) is 2.37. The second-order valence-corrected chi connectivity index (χ2v) is 4.45. The summed E-state index contributed by atoms with van der Waals surface area (Å²) in [5, 5.41) is 12.9. The van der Waals surface area contributed by atoms with Crippen LogP contribution in [0.2, 0.25) is 5.02 Å². The minimum absolute atomic E-state index is 0.0387. The van der Waals surface area contributed by atoms with Crippen molar-refractivity contribution in [2.24, 2.45) is 0 Å². The maximum absolute atomic E-state index is 12.1. The van der Waals surface area contributed by atoms with Gasteiger partial charge in [-0.1, -0.05) is 17.7 Å². The third-order valence-corrected chi connectivity index (χ3v) is 2.83. The Morgan fingerprint density at radius 2 is 2.11 bits per heavy atom. The number of nitrogen functional groups attached to an aromatic ring is 1. The zero-order chi connectivity index (χ0) is 14.0. The van der Waals surface area contributed by atoms with Gasteiger partial charge in [0.05, 0.1) is 5.02 Å². The number of aromatic hydroxyl groups is 1. The first-order chi connectivity index (χ1) is 8.99. The normalized spacial score (nSPS) is 10.2. The summed E-state index contributed by atoms with van der Waals surface area (Å²) in [5.74, 6) is -0.324. The van der Waals surface area contributed by atoms with Gasteiger partial charge >= 0.3 is 0 Å². The van der Waals surface area contributed by atoms with Crippen LogP contribution in [-0.4, -0.2) is 16.0 Å². The Balaban J connectivity index is 2.30. The lowest BCUT2D eigenvalue weighted by atomic mass is 10.1. The summed E-state index contributed by atoms with van der Waals surface area (Å²) in [5.41, 5.74) is 6.52. The molecule has 2 rings (SSSR count). The third kappa shape index (κ3) is 2.77. The summed E-state index contributed by atoms with van der Waals surface area (Å²) in [6.07, 6.45) is 1.41. The van der Waals surface area contributed by atoms with E-state index >= 15 is 0 Å². The number of nitrogens with one attached hydrogen (secondary N) is 1. The highest BCUT2D eigenvalue weighted by Crippen LogP contribution is 2.27. The summed E-state index contributed by atoms with van der Waals surface area (Å²) in [4.78, 5) is 16.0. The number of nitrogens with zero attached hydrogens (tertiary/aromatic N) is 1. The van der Waals surface area contributed by atoms with E-state index in [0.717, 1.165) is 0 Å². The molecule has 0 aliphatic heterocycles. The second-order valence-electron chi connectivity index (χ2n) is 4.01. The van der Waals surface area contributed by atoms with Crippen molar-refractivity contribution in [1.29, 1.82) is 0 Å². The van der Waals surface area contributed by atoms with Gasteiger partial charge in [-0.3, -0.25) is 4.79 Å². The SMILES string of the molecule is Cc1ccc(N)c(C(=O)Nc2ccc(Cl)cn2)c1O. The molecule has 0 saturated heterocycles. The molecule has 1 aromatic carbocycles. The monoisotopic (exact) mass is 277 g/mol. The number of hydrogen-bond donors (Lipinski definition) is 3. The molecule has 0 radical (unpaired) electrons. The highest BCUT2D eigenvalue weighted by atomic mass is 35.5. The minimum Gasteiger partial charge on any atom is -0.507 e. The number of carbonyl (C=O) groups is 1. The van der Waals surface area contributed by atoms with Gasteiger partial charge < -0.3 is 16.2 Å². The van der Waals surface area contributed by atoms with Gasteiger partial charge in [-0.15, -0.1) is 0 Å². The van der Waals surface area contributed by atoms with Gasteiger partial charge in [0.2, 0.25) is 0 Å². The number of halogens is 1. The number of hydrogen-bond acceptors (Lipinski definition) is 4. The summed E-state index contributed by atoms with van der Waals surface area (Å²) in [6.45, 7) is 1.69. The van der Waals surface area contributed by atoms with Gasteiger partial charge in [0.25, 0.3) is 5.91 Å². The molecule has 4 N–H and O–H groups in total. The minimum atomic E-state index is -0.520. The van der Waals surface area contributed by atoms with Gasteiger partial charge in [0, 0.05) is 11.9 Å². The molecule has 98 valence electrons. The van der Waals surface area contributed by atoms with Gasteiger partial charge in [-0.2, -0.15) is 0 Å². The number of aromatic nitrogens is 1. The molecule has 0 bridgehead atoms. The Morgan fingerprint density at radius 1 is 1.37 bits per heavy atom. The van der Waals surface area contributed by atoms with Crippen molar-refractivity contribution < 1.29 is 9.90 Å². The Bertz CT molecular complexity index is 627. The molecular weight excluding hydrogens is 266 g/mol. The lowest BCUT2D eigenvalue weighted by Crippen LogP contribution is -2.15. The molecule has 5 nitrogen and oxygen atoms in total. The van der Waals surface area contributed by atoms with Crippen molar-refractivity contribution in [3.63, 3.8) is 0 Å². The van der Waals surface area contributed by atoms with Crippen LogP contribution in [0, 0.1) is 6.92 Å². The van der Waals surface area contributed by atoms with E-state index in [1.807, 2.05) is 0 Å². The van der Waals surface area contributed by atoms with E-state index in [9.17, 15) is 9.90 Å². The molecule has 0 aliphatic carbocycles. The van der Waals surface area contributed by atoms with Crippen LogP contribution in [0.1, 0.15) is 15.9 Å². The van der Waals surface area contributed by atoms with Gasteiger partial charge in [0.15, 0.2) is 0 Å². The lowest BCUT2D eigenvalue weighted by Gasteiger charge is -2.10. The number of carbonyl (C=O) groups excluding carboxylic acids is 1. The lowest BCUT2D eigenvalue weighted by molar-refractivity contribution is 0.102. The van der Waals surface area contributed by atoms with Crippen molar-refractivity contribution in [3.05, 3.63) is 46.6 Å². The van der Waals surface area contributed by atoms with Crippen LogP contribution >= 0.6 is 11.6 Å². The molecule has 0 fully saturated rings. The Hall–Kier alpha value is -2.27. The molecule has 0 aliphatic rings. The molecule has 1 heterocycles. The number of pyridine rings is 1. The van der Waals surface area contributed by atoms with Crippen molar-refractivity contribution in [2.45, 2.75) is 6.92 Å². The number of rotatable bonds is 2. The number of amides is 1. The van der Waals surface area contributed by atoms with Crippen LogP contribution < -0.4 is 11.1 Å². The fourth-order valence-corrected chi connectivity index (χ4v) is 1.69. The van der Waals surface area contributed by atoms with Crippen molar-refractivity contribution in [3.8, 4) is 5.75 Å². The quantitative estimate of drug-likeness (QED) is 0.736. The van der Waals surface area contributed by atoms with E-state index in [4.69, 9.17) is 17.3 Å². The molecule has 0 saturated carbocycles. The summed E-state index contributed by atoms with van der Waals surface area (Å²) in [7, 11) is 0. The first-order valence-electron chi connectivity index (χ1n) is 5.50. The number of phenols is 1. The van der Waals surface area contributed by atoms with Crippen molar-refractivity contribution >= 4 is 29.0 Å². The smallest absolute Gasteiger partial charge is 0.262 e. The first-order valence-corrected chi connectivity index (χ1v) is 5.88. The van der Waals surface area contributed by atoms with E-state index < -0.39 is 5.91 Å². The largest absolute Gasteiger partial charge is 0.507 e. The third-order valence-electron chi connectivity index (χ3n) is 2.61. The van der Waals surface area contributed by atoms with E-state index in [1.165, 1.54) is 6.20 Å². The molecule has 1 amide bonds. The second kappa shape index (κ2) is 5.16. The molecule has 0 atom stereocenters. The van der Waals surface area contributed by atoms with Crippen LogP contribution in [0.15, 0.2) is 30.5 Å². The number of aryl methyl sites for hydroxylation is 1. The Kier molecular flexibility index (Phi) is 3.57. The molecular formula is C13H12ClN3O2. The number of benzene rings is 1. The Labute approximate surface area is 115 Å². The topological polar surface area (TPSA) is 88.2 Å². The van der Waals surface area contributed by atoms with E-state index in [-0.39, 0.29) is 17.0 Å². The molecule has 19 heavy (non-hydrogen) atoms. The predicted molar refractivity (Wildman–Crippen MR) is 74.5 cm³/mol. The molecule has 6 heteroatoms. The molecule has 0 unspecified atom stereocenters. The highest BCUT2D eigenvalue weighted by Gasteiger charge is 2.17. The average molecular weight is 278 g/mol. The number of anilines is 2. The number of nitrogens with two attached hydrogens (primary N) is 1. The van der Waals surface area contributed by atoms with Gasteiger partial charge in [0.1, 0.15) is 17.1 Å². The zero-order valence-corrected chi connectivity index (χ0v) is 10.9. The van der Waals surface area contributed by atoms with Gasteiger partial charge in [-0.05, 0) is 30.7 Å². The predicted octanol–water partition coefficient (Wildman–Crippen LogP) is 2.58. The maximum atomic E-state index is 12.1. The van der Waals surface area contributed by atoms with E-state index in [2.05, 4.69) is 10.3 Å². The Morgan fingerprint density at radius 3 is 2.74 bits per heavy atom. The fourth-order valence-electron chi connectivity index (χ4n) is 1.58. The van der Waals surface area contributed by atoms with Crippen LogP contribution in [0.25, 0.3) is 0 Å². The van der Waals surface area contributed by atoms with Crippen LogP contribution in [0.5, 0.6) is 5.75 Å². The van der Waals surface area contributed by atoms with Crippen LogP contribution in [0.4, 0.5) is 11.5 Å². The standard InChI is InChI=1S/C13H12ClN3O2/c1-7-2-4-9(15)11(12(7)18)13(19)17-10-5-3-8(14)6-16-10/h2-6,18H,15H2,1H3,(H,16,17,19). The molecule has 0 spiro atoms. The fraction of sp³-hybridized carbons (Fsp3) is 0.0769. The van der Waals surface area contributed by atoms with Crippen LogP contribution in [-0.2, 0) is 0 Å². The molecule has 1 aromatic heterocycles. The van der Waals surface area contributed by atoms with Crippen molar-refractivity contribution in [1.82, 2.24) is 4.98 Å². The van der Waals surface area contributed by atoms with Crippen LogP contribution in [0.3, 0.4) is 0 Å². The number of phenolic OH excluding ortho intramolecular Hbond substituents is 1. The highest BCUT2D eigenvalue weighted by molar-refractivity contribution is 6.30. The van der Waals surface area contributed by atoms with Gasteiger partial charge in [-0.25, -0.2) is 4.98 Å². The van der Waals surface area contributed by atoms with E-state index in [0.29, 0.717) is 16.4 Å².